The molecule has 5 heteroatoms. The van der Waals surface area contributed by atoms with Crippen LogP contribution < -0.4 is 10.6 Å². The van der Waals surface area contributed by atoms with Gasteiger partial charge in [-0.1, -0.05) is 43.7 Å². The molecule has 0 aliphatic heterocycles. The van der Waals surface area contributed by atoms with Crippen LogP contribution in [0.4, 0.5) is 5.82 Å². The Morgan fingerprint density at radius 2 is 2.04 bits per heavy atom. The van der Waals surface area contributed by atoms with E-state index in [1.54, 1.807) is 6.20 Å². The summed E-state index contributed by atoms with van der Waals surface area (Å²) in [6, 6.07) is 8.05. The lowest BCUT2D eigenvalue weighted by Gasteiger charge is -2.08. The summed E-state index contributed by atoms with van der Waals surface area (Å²) in [6.45, 7) is 7.72. The smallest absolute Gasteiger partial charge is 0.271 e. The van der Waals surface area contributed by atoms with Gasteiger partial charge >= 0.3 is 0 Å². The van der Waals surface area contributed by atoms with Gasteiger partial charge in [0.05, 0.1) is 12.4 Å². The zero-order valence-electron chi connectivity index (χ0n) is 14.0. The highest BCUT2D eigenvalue weighted by atomic mass is 16.1. The Labute approximate surface area is 137 Å². The lowest BCUT2D eigenvalue weighted by Crippen LogP contribution is -2.24. The maximum atomic E-state index is 12.1. The summed E-state index contributed by atoms with van der Waals surface area (Å²) in [4.78, 5) is 20.5. The van der Waals surface area contributed by atoms with Gasteiger partial charge < -0.3 is 10.6 Å². The number of nitrogens with zero attached hydrogens (tertiary/aromatic N) is 2. The van der Waals surface area contributed by atoms with Gasteiger partial charge in [0, 0.05) is 13.1 Å². The Bertz CT molecular complexity index is 638. The minimum absolute atomic E-state index is 0.215. The van der Waals surface area contributed by atoms with Crippen molar-refractivity contribution in [3.63, 3.8) is 0 Å². The molecule has 0 saturated heterocycles. The average Bonchev–Trinajstić information content (AvgIpc) is 2.53. The first-order chi connectivity index (χ1) is 11.0. The molecule has 0 aliphatic rings. The van der Waals surface area contributed by atoms with Gasteiger partial charge in [-0.05, 0) is 24.8 Å². The summed E-state index contributed by atoms with van der Waals surface area (Å²) >= 11 is 0. The summed E-state index contributed by atoms with van der Waals surface area (Å²) in [7, 11) is 0. The van der Waals surface area contributed by atoms with Crippen molar-refractivity contribution >= 4 is 11.7 Å². The standard InChI is InChI=1S/C18H24N4O/c1-13(2)7-8-19-17-12-20-16(11-21-17)18(23)22-10-15-6-4-5-14(3)9-15/h4-6,9,11-13H,7-8,10H2,1-3H3,(H,19,21)(H,22,23). The van der Waals surface area contributed by atoms with Crippen molar-refractivity contribution in [1.82, 2.24) is 15.3 Å². The van der Waals surface area contributed by atoms with E-state index < -0.39 is 0 Å². The Balaban J connectivity index is 1.85. The van der Waals surface area contributed by atoms with Crippen molar-refractivity contribution in [3.8, 4) is 0 Å². The number of nitrogens with one attached hydrogen (secondary N) is 2. The molecule has 1 aromatic carbocycles. The molecule has 0 spiro atoms. The molecule has 5 nitrogen and oxygen atoms in total. The van der Waals surface area contributed by atoms with E-state index in [1.165, 1.54) is 11.8 Å². The number of carbonyl (C=O) groups excluding carboxylic acids is 1. The largest absolute Gasteiger partial charge is 0.369 e. The van der Waals surface area contributed by atoms with Crippen molar-refractivity contribution in [1.29, 1.82) is 0 Å². The first-order valence-electron chi connectivity index (χ1n) is 7.94. The quantitative estimate of drug-likeness (QED) is 0.824. The molecule has 1 amide bonds. The molecule has 1 heterocycles. The van der Waals surface area contributed by atoms with E-state index in [2.05, 4.69) is 34.4 Å². The third-order valence-corrected chi connectivity index (χ3v) is 3.45. The summed E-state index contributed by atoms with van der Waals surface area (Å²) < 4.78 is 0. The maximum Gasteiger partial charge on any atom is 0.271 e. The summed E-state index contributed by atoms with van der Waals surface area (Å²) in [5.74, 6) is 1.12. The molecule has 0 aliphatic carbocycles. The lowest BCUT2D eigenvalue weighted by molar-refractivity contribution is 0.0945. The third-order valence-electron chi connectivity index (χ3n) is 3.45. The van der Waals surface area contributed by atoms with Crippen molar-refractivity contribution in [2.45, 2.75) is 33.7 Å². The van der Waals surface area contributed by atoms with Crippen molar-refractivity contribution in [2.75, 3.05) is 11.9 Å². The van der Waals surface area contributed by atoms with Crippen LogP contribution in [-0.2, 0) is 6.54 Å². The molecular weight excluding hydrogens is 288 g/mol. The van der Waals surface area contributed by atoms with E-state index in [4.69, 9.17) is 0 Å². The monoisotopic (exact) mass is 312 g/mol. The Morgan fingerprint density at radius 1 is 1.22 bits per heavy atom. The predicted molar refractivity (Wildman–Crippen MR) is 92.3 cm³/mol. The number of hydrogen-bond acceptors (Lipinski definition) is 4. The molecule has 0 unspecified atom stereocenters. The first-order valence-corrected chi connectivity index (χ1v) is 7.94. The molecule has 0 fully saturated rings. The normalized spacial score (nSPS) is 10.6. The fourth-order valence-electron chi connectivity index (χ4n) is 2.12. The highest BCUT2D eigenvalue weighted by Gasteiger charge is 2.08. The first kappa shape index (κ1) is 16.9. The zero-order valence-corrected chi connectivity index (χ0v) is 14.0. The molecule has 122 valence electrons. The second-order valence-electron chi connectivity index (χ2n) is 6.07. The van der Waals surface area contributed by atoms with Crippen LogP contribution in [0.15, 0.2) is 36.7 Å². The SMILES string of the molecule is Cc1cccc(CNC(=O)c2cnc(NCCC(C)C)cn2)c1. The van der Waals surface area contributed by atoms with Crippen LogP contribution >= 0.6 is 0 Å². The van der Waals surface area contributed by atoms with E-state index in [1.807, 2.05) is 31.2 Å². The van der Waals surface area contributed by atoms with Crippen LogP contribution in [0, 0.1) is 12.8 Å². The van der Waals surface area contributed by atoms with Gasteiger partial charge in [0.25, 0.3) is 5.91 Å². The van der Waals surface area contributed by atoms with E-state index in [0.717, 1.165) is 18.5 Å². The van der Waals surface area contributed by atoms with Gasteiger partial charge in [-0.15, -0.1) is 0 Å². The second-order valence-corrected chi connectivity index (χ2v) is 6.07. The molecule has 1 aromatic heterocycles. The Kier molecular flexibility index (Phi) is 6.09. The van der Waals surface area contributed by atoms with E-state index in [0.29, 0.717) is 24.0 Å². The fraction of sp³-hybridized carbons (Fsp3) is 0.389. The molecule has 0 saturated carbocycles. The molecule has 0 bridgehead atoms. The summed E-state index contributed by atoms with van der Waals surface area (Å²) in [6.07, 6.45) is 4.17. The summed E-state index contributed by atoms with van der Waals surface area (Å²) in [5.41, 5.74) is 2.57. The van der Waals surface area contributed by atoms with Gasteiger partial charge in [-0.3, -0.25) is 4.79 Å². The Morgan fingerprint density at radius 3 is 2.70 bits per heavy atom. The summed E-state index contributed by atoms with van der Waals surface area (Å²) in [5, 5.41) is 6.06. The van der Waals surface area contributed by atoms with E-state index in [-0.39, 0.29) is 5.91 Å². The molecule has 2 N–H and O–H groups in total. The fourth-order valence-corrected chi connectivity index (χ4v) is 2.12. The van der Waals surface area contributed by atoms with Crippen LogP contribution in [0.1, 0.15) is 41.9 Å². The number of carbonyl (C=O) groups is 1. The van der Waals surface area contributed by atoms with Crippen LogP contribution in [0.2, 0.25) is 0 Å². The van der Waals surface area contributed by atoms with Crippen LogP contribution in [-0.4, -0.2) is 22.4 Å². The predicted octanol–water partition coefficient (Wildman–Crippen LogP) is 3.17. The molecule has 0 atom stereocenters. The van der Waals surface area contributed by atoms with Gasteiger partial charge in [-0.2, -0.15) is 0 Å². The van der Waals surface area contributed by atoms with Gasteiger partial charge in [-0.25, -0.2) is 9.97 Å². The minimum atomic E-state index is -0.215. The number of amides is 1. The van der Waals surface area contributed by atoms with E-state index in [9.17, 15) is 4.79 Å². The van der Waals surface area contributed by atoms with Crippen molar-refractivity contribution < 1.29 is 4.79 Å². The van der Waals surface area contributed by atoms with Crippen molar-refractivity contribution in [2.24, 2.45) is 5.92 Å². The number of benzene rings is 1. The highest BCUT2D eigenvalue weighted by molar-refractivity contribution is 5.91. The van der Waals surface area contributed by atoms with E-state index >= 15 is 0 Å². The maximum absolute atomic E-state index is 12.1. The third kappa shape index (κ3) is 5.70. The number of aryl methyl sites for hydroxylation is 1. The van der Waals surface area contributed by atoms with Crippen LogP contribution in [0.25, 0.3) is 0 Å². The molecule has 23 heavy (non-hydrogen) atoms. The number of anilines is 1. The van der Waals surface area contributed by atoms with Gasteiger partial charge in [0.15, 0.2) is 0 Å². The van der Waals surface area contributed by atoms with Gasteiger partial charge in [0.2, 0.25) is 0 Å². The van der Waals surface area contributed by atoms with Crippen LogP contribution in [0.5, 0.6) is 0 Å². The lowest BCUT2D eigenvalue weighted by atomic mass is 10.1. The number of aromatic nitrogens is 2. The van der Waals surface area contributed by atoms with Crippen molar-refractivity contribution in [3.05, 3.63) is 53.5 Å². The minimum Gasteiger partial charge on any atom is -0.369 e. The molecule has 0 radical (unpaired) electrons. The average molecular weight is 312 g/mol. The molecule has 2 rings (SSSR count). The van der Waals surface area contributed by atoms with Crippen LogP contribution in [0.3, 0.4) is 0 Å². The second kappa shape index (κ2) is 8.27. The van der Waals surface area contributed by atoms with Gasteiger partial charge in [0.1, 0.15) is 11.5 Å². The molecular formula is C18H24N4O. The molecule has 2 aromatic rings. The Hall–Kier alpha value is -2.43. The highest BCUT2D eigenvalue weighted by Crippen LogP contribution is 2.06. The number of hydrogen-bond donors (Lipinski definition) is 2. The topological polar surface area (TPSA) is 66.9 Å². The number of rotatable bonds is 7. The zero-order chi connectivity index (χ0) is 16.7.